The summed E-state index contributed by atoms with van der Waals surface area (Å²) >= 11 is 0. The van der Waals surface area contributed by atoms with Gasteiger partial charge < -0.3 is 20.2 Å². The van der Waals surface area contributed by atoms with Crippen molar-refractivity contribution < 1.29 is 18.7 Å². The van der Waals surface area contributed by atoms with Crippen molar-refractivity contribution in [3.8, 4) is 0 Å². The van der Waals surface area contributed by atoms with Crippen molar-refractivity contribution in [2.45, 2.75) is 37.8 Å². The van der Waals surface area contributed by atoms with Gasteiger partial charge in [-0.25, -0.2) is 9.18 Å². The van der Waals surface area contributed by atoms with Crippen LogP contribution in [-0.2, 0) is 5.60 Å². The molecule has 24 heavy (non-hydrogen) atoms. The Hall–Kier alpha value is -2.34. The first-order valence-corrected chi connectivity index (χ1v) is 7.94. The molecule has 128 valence electrons. The Morgan fingerprint density at radius 3 is 2.88 bits per heavy atom. The highest BCUT2D eigenvalue weighted by Crippen LogP contribution is 2.40. The number of rotatable bonds is 5. The molecular formula is C18H21FN2O3. The second-order valence-electron chi connectivity index (χ2n) is 6.51. The number of amides is 2. The number of aliphatic hydroxyl groups is 1. The number of hydrogen-bond acceptors (Lipinski definition) is 3. The van der Waals surface area contributed by atoms with Crippen molar-refractivity contribution >= 4 is 6.03 Å². The predicted molar refractivity (Wildman–Crippen MR) is 87.1 cm³/mol. The van der Waals surface area contributed by atoms with Gasteiger partial charge in [-0.05, 0) is 50.1 Å². The highest BCUT2D eigenvalue weighted by molar-refractivity contribution is 5.75. The molecule has 1 aliphatic carbocycles. The van der Waals surface area contributed by atoms with Gasteiger partial charge in [-0.15, -0.1) is 0 Å². The third-order valence-electron chi connectivity index (χ3n) is 4.25. The Morgan fingerprint density at radius 1 is 1.42 bits per heavy atom. The van der Waals surface area contributed by atoms with Gasteiger partial charge in [-0.1, -0.05) is 12.1 Å². The minimum Gasteiger partial charge on any atom is -0.463 e. The van der Waals surface area contributed by atoms with Gasteiger partial charge in [-0.3, -0.25) is 0 Å². The number of hydrogen-bond donors (Lipinski definition) is 3. The zero-order valence-corrected chi connectivity index (χ0v) is 13.7. The average Bonchev–Trinajstić information content (AvgIpc) is 3.14. The molecule has 1 saturated carbocycles. The molecule has 3 N–H and O–H groups in total. The van der Waals surface area contributed by atoms with Gasteiger partial charge in [0.15, 0.2) is 0 Å². The van der Waals surface area contributed by atoms with Gasteiger partial charge in [0.2, 0.25) is 0 Å². The number of carbonyl (C=O) groups is 1. The number of aryl methyl sites for hydroxylation is 1. The highest BCUT2D eigenvalue weighted by Gasteiger charge is 2.40. The van der Waals surface area contributed by atoms with Crippen molar-refractivity contribution in [2.24, 2.45) is 0 Å². The van der Waals surface area contributed by atoms with Crippen LogP contribution in [0, 0.1) is 12.7 Å². The summed E-state index contributed by atoms with van der Waals surface area (Å²) in [6, 6.07) is 9.51. The molecule has 1 aromatic heterocycles. The molecule has 1 heterocycles. The summed E-state index contributed by atoms with van der Waals surface area (Å²) in [7, 11) is 0. The fraction of sp³-hybridized carbons (Fsp3) is 0.389. The maximum absolute atomic E-state index is 13.2. The largest absolute Gasteiger partial charge is 0.463 e. The van der Waals surface area contributed by atoms with Crippen LogP contribution in [0.25, 0.3) is 0 Å². The summed E-state index contributed by atoms with van der Waals surface area (Å²) in [6.07, 6.45) is 0.782. The van der Waals surface area contributed by atoms with Gasteiger partial charge >= 0.3 is 6.03 Å². The van der Waals surface area contributed by atoms with Crippen LogP contribution in [0.2, 0.25) is 0 Å². The molecule has 0 spiro atoms. The number of halogens is 1. The third kappa shape index (κ3) is 3.76. The molecule has 3 rings (SSSR count). The van der Waals surface area contributed by atoms with E-state index in [2.05, 4.69) is 10.6 Å². The topological polar surface area (TPSA) is 74.5 Å². The van der Waals surface area contributed by atoms with Crippen LogP contribution in [0.4, 0.5) is 9.18 Å². The number of benzene rings is 1. The van der Waals surface area contributed by atoms with E-state index in [1.807, 2.05) is 6.07 Å². The van der Waals surface area contributed by atoms with Crippen LogP contribution in [0.5, 0.6) is 0 Å². The van der Waals surface area contributed by atoms with Crippen LogP contribution in [-0.4, -0.2) is 23.7 Å². The van der Waals surface area contributed by atoms with Crippen molar-refractivity contribution in [3.63, 3.8) is 0 Å². The maximum atomic E-state index is 13.2. The zero-order valence-electron chi connectivity index (χ0n) is 13.7. The second-order valence-corrected chi connectivity index (χ2v) is 6.51. The molecule has 0 aliphatic heterocycles. The lowest BCUT2D eigenvalue weighted by Crippen LogP contribution is -2.44. The molecule has 1 aliphatic rings. The predicted octanol–water partition coefficient (Wildman–Crippen LogP) is 2.79. The highest BCUT2D eigenvalue weighted by atomic mass is 19.1. The van der Waals surface area contributed by atoms with E-state index in [-0.39, 0.29) is 30.4 Å². The SMILES string of the molecule is Cc1ccc([C@](C)(O)CNC(=O)N[C@H]2C[C@@H]2c2cccc(F)c2)o1. The lowest BCUT2D eigenvalue weighted by atomic mass is 10.0. The molecule has 2 amide bonds. The molecule has 3 atom stereocenters. The quantitative estimate of drug-likeness (QED) is 0.788. The Kier molecular flexibility index (Phi) is 4.32. The fourth-order valence-electron chi connectivity index (χ4n) is 2.74. The number of urea groups is 1. The standard InChI is InChI=1S/C18H21FN2O3/c1-11-6-7-16(24-11)18(2,23)10-20-17(22)21-15-9-14(15)12-4-3-5-13(19)8-12/h3-8,14-15,23H,9-10H2,1-2H3,(H2,20,21,22)/t14-,15+,18-/m1/s1. The van der Waals surface area contributed by atoms with E-state index < -0.39 is 5.60 Å². The number of carbonyl (C=O) groups excluding carboxylic acids is 1. The monoisotopic (exact) mass is 332 g/mol. The van der Waals surface area contributed by atoms with E-state index in [1.165, 1.54) is 12.1 Å². The van der Waals surface area contributed by atoms with Crippen LogP contribution in [0.15, 0.2) is 40.8 Å². The molecule has 0 radical (unpaired) electrons. The van der Waals surface area contributed by atoms with Crippen LogP contribution in [0.1, 0.15) is 36.3 Å². The zero-order chi connectivity index (χ0) is 17.3. The minimum absolute atomic E-state index is 0.0115. The van der Waals surface area contributed by atoms with E-state index in [9.17, 15) is 14.3 Å². The number of nitrogens with one attached hydrogen (secondary N) is 2. The van der Waals surface area contributed by atoms with Crippen LogP contribution < -0.4 is 10.6 Å². The van der Waals surface area contributed by atoms with E-state index in [1.54, 1.807) is 32.0 Å². The summed E-state index contributed by atoms with van der Waals surface area (Å²) in [5.74, 6) is 0.974. The lowest BCUT2D eigenvalue weighted by Gasteiger charge is -2.21. The first-order valence-electron chi connectivity index (χ1n) is 7.94. The van der Waals surface area contributed by atoms with E-state index in [0.717, 1.165) is 12.0 Å². The van der Waals surface area contributed by atoms with Gasteiger partial charge in [0.1, 0.15) is 22.9 Å². The minimum atomic E-state index is -1.28. The van der Waals surface area contributed by atoms with Crippen molar-refractivity contribution in [1.82, 2.24) is 10.6 Å². The second kappa shape index (κ2) is 6.28. The molecule has 5 nitrogen and oxygen atoms in total. The lowest BCUT2D eigenvalue weighted by molar-refractivity contribution is 0.0359. The molecule has 0 bridgehead atoms. The Balaban J connectivity index is 1.49. The van der Waals surface area contributed by atoms with Gasteiger partial charge in [0.25, 0.3) is 0 Å². The molecular weight excluding hydrogens is 311 g/mol. The molecule has 6 heteroatoms. The van der Waals surface area contributed by atoms with Crippen molar-refractivity contribution in [2.75, 3.05) is 6.54 Å². The van der Waals surface area contributed by atoms with E-state index in [4.69, 9.17) is 4.42 Å². The van der Waals surface area contributed by atoms with E-state index in [0.29, 0.717) is 11.5 Å². The van der Waals surface area contributed by atoms with Gasteiger partial charge in [0.05, 0.1) is 6.54 Å². The maximum Gasteiger partial charge on any atom is 0.315 e. The Bertz CT molecular complexity index is 741. The summed E-state index contributed by atoms with van der Waals surface area (Å²) in [5, 5.41) is 15.9. The first kappa shape index (κ1) is 16.5. The summed E-state index contributed by atoms with van der Waals surface area (Å²) in [6.45, 7) is 3.40. The smallest absolute Gasteiger partial charge is 0.315 e. The normalized spacial score (nSPS) is 21.8. The molecule has 1 fully saturated rings. The average molecular weight is 332 g/mol. The third-order valence-corrected chi connectivity index (χ3v) is 4.25. The summed E-state index contributed by atoms with van der Waals surface area (Å²) < 4.78 is 18.6. The van der Waals surface area contributed by atoms with Gasteiger partial charge in [0, 0.05) is 12.0 Å². The molecule has 2 aromatic rings. The van der Waals surface area contributed by atoms with Crippen molar-refractivity contribution in [1.29, 1.82) is 0 Å². The number of furan rings is 1. The van der Waals surface area contributed by atoms with E-state index >= 15 is 0 Å². The Morgan fingerprint density at radius 2 is 2.21 bits per heavy atom. The summed E-state index contributed by atoms with van der Waals surface area (Å²) in [4.78, 5) is 12.0. The first-order chi connectivity index (χ1) is 11.3. The fourth-order valence-corrected chi connectivity index (χ4v) is 2.74. The van der Waals surface area contributed by atoms with Gasteiger partial charge in [-0.2, -0.15) is 0 Å². The van der Waals surface area contributed by atoms with Crippen LogP contribution in [0.3, 0.4) is 0 Å². The van der Waals surface area contributed by atoms with Crippen molar-refractivity contribution in [3.05, 3.63) is 59.3 Å². The molecule has 1 aromatic carbocycles. The molecule has 0 unspecified atom stereocenters. The molecule has 0 saturated heterocycles. The summed E-state index contributed by atoms with van der Waals surface area (Å²) in [5.41, 5.74) is -0.393. The Labute approximate surface area is 139 Å². The van der Waals surface area contributed by atoms with Crippen LogP contribution >= 0.6 is 0 Å².